The third kappa shape index (κ3) is 3.31. The molecule has 0 saturated carbocycles. The van der Waals surface area contributed by atoms with Crippen LogP contribution in [-0.2, 0) is 7.05 Å². The zero-order valence-electron chi connectivity index (χ0n) is 13.8. The Labute approximate surface area is 136 Å². The number of carbonyl (C=O) groups excluding carboxylic acids is 2. The molecule has 0 unspecified atom stereocenters. The lowest BCUT2D eigenvalue weighted by Crippen LogP contribution is -2.57. The monoisotopic (exact) mass is 320 g/mol. The molecule has 0 spiro atoms. The minimum atomic E-state index is -0.0169. The summed E-state index contributed by atoms with van der Waals surface area (Å²) < 4.78 is 1.73. The quantitative estimate of drug-likeness (QED) is 0.703. The molecule has 0 atom stereocenters. The molecular weight excluding hydrogens is 296 g/mol. The second-order valence-electron chi connectivity index (χ2n) is 6.24. The molecule has 0 N–H and O–H groups in total. The van der Waals surface area contributed by atoms with Crippen LogP contribution < -0.4 is 0 Å². The van der Waals surface area contributed by atoms with Crippen LogP contribution in [0.25, 0.3) is 0 Å². The maximum Gasteiger partial charge on any atom is 0.320 e. The summed E-state index contributed by atoms with van der Waals surface area (Å²) in [7, 11) is 3.89. The molecule has 0 aliphatic carbocycles. The van der Waals surface area contributed by atoms with Crippen molar-refractivity contribution >= 4 is 11.9 Å². The number of amides is 3. The van der Waals surface area contributed by atoms with Crippen molar-refractivity contribution in [1.82, 2.24) is 29.2 Å². The molecule has 126 valence electrons. The summed E-state index contributed by atoms with van der Waals surface area (Å²) in [5.41, 5.74) is 0.587. The molecule has 0 radical (unpaired) electrons. The summed E-state index contributed by atoms with van der Waals surface area (Å²) in [6, 6.07) is 0.103. The minimum absolute atomic E-state index is 0.0169. The van der Waals surface area contributed by atoms with E-state index in [4.69, 9.17) is 0 Å². The van der Waals surface area contributed by atoms with E-state index in [1.165, 1.54) is 0 Å². The van der Waals surface area contributed by atoms with Gasteiger partial charge in [0, 0.05) is 59.4 Å². The Morgan fingerprint density at radius 2 is 1.39 bits per heavy atom. The molecular formula is C15H24N6O2. The number of hydrogen-bond acceptors (Lipinski definition) is 4. The standard InChI is InChI=1S/C15H24N6O2/c1-17-3-5-20(6-4-17)15(23)21-9-7-19(8-10-21)14(22)13-11-16-12-18(13)2/h11-12H,3-10H2,1-2H3. The van der Waals surface area contributed by atoms with E-state index in [1.54, 1.807) is 22.0 Å². The highest BCUT2D eigenvalue weighted by Gasteiger charge is 2.29. The van der Waals surface area contributed by atoms with Gasteiger partial charge in [-0.3, -0.25) is 4.79 Å². The van der Waals surface area contributed by atoms with E-state index in [1.807, 2.05) is 16.8 Å². The first-order valence-electron chi connectivity index (χ1n) is 8.04. The number of aromatic nitrogens is 2. The SMILES string of the molecule is CN1CCN(C(=O)N2CCN(C(=O)c3cncn3C)CC2)CC1. The van der Waals surface area contributed by atoms with Crippen molar-refractivity contribution in [3.63, 3.8) is 0 Å². The van der Waals surface area contributed by atoms with Crippen molar-refractivity contribution in [2.75, 3.05) is 59.4 Å². The normalized spacial score (nSPS) is 20.0. The van der Waals surface area contributed by atoms with Gasteiger partial charge >= 0.3 is 6.03 Å². The smallest absolute Gasteiger partial charge is 0.320 e. The first-order valence-corrected chi connectivity index (χ1v) is 8.04. The summed E-state index contributed by atoms with van der Waals surface area (Å²) in [5, 5.41) is 0. The number of rotatable bonds is 1. The van der Waals surface area contributed by atoms with Gasteiger partial charge < -0.3 is 24.2 Å². The van der Waals surface area contributed by atoms with Crippen molar-refractivity contribution in [3.8, 4) is 0 Å². The van der Waals surface area contributed by atoms with Gasteiger partial charge in [0.1, 0.15) is 5.69 Å². The number of urea groups is 1. The van der Waals surface area contributed by atoms with Crippen LogP contribution >= 0.6 is 0 Å². The highest BCUT2D eigenvalue weighted by molar-refractivity contribution is 5.92. The Morgan fingerprint density at radius 1 is 0.870 bits per heavy atom. The third-order valence-corrected chi connectivity index (χ3v) is 4.65. The Morgan fingerprint density at radius 3 is 1.91 bits per heavy atom. The molecule has 2 aliphatic rings. The number of aryl methyl sites for hydroxylation is 1. The van der Waals surface area contributed by atoms with Crippen molar-refractivity contribution in [2.45, 2.75) is 0 Å². The fourth-order valence-electron chi connectivity index (χ4n) is 3.02. The van der Waals surface area contributed by atoms with E-state index < -0.39 is 0 Å². The van der Waals surface area contributed by atoms with Gasteiger partial charge in [0.25, 0.3) is 5.91 Å². The molecule has 2 fully saturated rings. The molecule has 0 bridgehead atoms. The second kappa shape index (κ2) is 6.57. The predicted octanol–water partition coefficient (Wildman–Crippen LogP) is -0.455. The Balaban J connectivity index is 1.53. The minimum Gasteiger partial charge on any atom is -0.334 e. The highest BCUT2D eigenvalue weighted by Crippen LogP contribution is 2.11. The molecule has 2 aliphatic heterocycles. The first-order chi connectivity index (χ1) is 11.1. The lowest BCUT2D eigenvalue weighted by Gasteiger charge is -2.39. The number of hydrogen-bond donors (Lipinski definition) is 0. The van der Waals surface area contributed by atoms with Gasteiger partial charge in [0.15, 0.2) is 0 Å². The number of carbonyl (C=O) groups is 2. The summed E-state index contributed by atoms with van der Waals surface area (Å²) in [5.74, 6) is -0.0169. The van der Waals surface area contributed by atoms with Gasteiger partial charge in [-0.1, -0.05) is 0 Å². The second-order valence-corrected chi connectivity index (χ2v) is 6.24. The summed E-state index contributed by atoms with van der Waals surface area (Å²) in [4.78, 5) is 36.8. The molecule has 23 heavy (non-hydrogen) atoms. The van der Waals surface area contributed by atoms with Crippen LogP contribution in [0.5, 0.6) is 0 Å². The van der Waals surface area contributed by atoms with Crippen LogP contribution in [-0.4, -0.2) is 100 Å². The molecule has 3 heterocycles. The van der Waals surface area contributed by atoms with Crippen LogP contribution in [0.15, 0.2) is 12.5 Å². The molecule has 1 aromatic heterocycles. The van der Waals surface area contributed by atoms with Gasteiger partial charge in [-0.25, -0.2) is 9.78 Å². The van der Waals surface area contributed by atoms with E-state index >= 15 is 0 Å². The Hall–Kier alpha value is -2.09. The lowest BCUT2D eigenvalue weighted by atomic mass is 10.2. The van der Waals surface area contributed by atoms with Crippen LogP contribution in [0.3, 0.4) is 0 Å². The number of nitrogens with zero attached hydrogens (tertiary/aromatic N) is 6. The van der Waals surface area contributed by atoms with Crippen molar-refractivity contribution in [2.24, 2.45) is 7.05 Å². The van der Waals surface area contributed by atoms with Crippen molar-refractivity contribution in [3.05, 3.63) is 18.2 Å². The topological polar surface area (TPSA) is 64.9 Å². The van der Waals surface area contributed by atoms with Crippen LogP contribution in [0.2, 0.25) is 0 Å². The van der Waals surface area contributed by atoms with Crippen LogP contribution in [0.4, 0.5) is 4.79 Å². The zero-order valence-corrected chi connectivity index (χ0v) is 13.8. The first kappa shape index (κ1) is 15.8. The molecule has 3 amide bonds. The summed E-state index contributed by atoms with van der Waals surface area (Å²) >= 11 is 0. The predicted molar refractivity (Wildman–Crippen MR) is 85.2 cm³/mol. The average Bonchev–Trinajstić information content (AvgIpc) is 3.00. The number of likely N-dealkylation sites (N-methyl/N-ethyl adjacent to an activating group) is 1. The van der Waals surface area contributed by atoms with Crippen LogP contribution in [0, 0.1) is 0 Å². The summed E-state index contributed by atoms with van der Waals surface area (Å²) in [6.07, 6.45) is 3.21. The van der Waals surface area contributed by atoms with E-state index in [0.29, 0.717) is 31.9 Å². The molecule has 8 nitrogen and oxygen atoms in total. The largest absolute Gasteiger partial charge is 0.334 e. The van der Waals surface area contributed by atoms with Crippen molar-refractivity contribution in [1.29, 1.82) is 0 Å². The van der Waals surface area contributed by atoms with Gasteiger partial charge in [0.2, 0.25) is 0 Å². The zero-order chi connectivity index (χ0) is 16.4. The molecule has 3 rings (SSSR count). The van der Waals surface area contributed by atoms with Gasteiger partial charge in [-0.15, -0.1) is 0 Å². The van der Waals surface area contributed by atoms with Crippen LogP contribution in [0.1, 0.15) is 10.5 Å². The number of piperazine rings is 2. The van der Waals surface area contributed by atoms with E-state index in [-0.39, 0.29) is 11.9 Å². The molecule has 1 aromatic rings. The molecule has 2 saturated heterocycles. The Kier molecular flexibility index (Phi) is 4.51. The molecule has 0 aromatic carbocycles. The number of imidazole rings is 1. The third-order valence-electron chi connectivity index (χ3n) is 4.65. The van der Waals surface area contributed by atoms with E-state index in [0.717, 1.165) is 26.2 Å². The highest BCUT2D eigenvalue weighted by atomic mass is 16.2. The fourth-order valence-corrected chi connectivity index (χ4v) is 3.02. The van der Waals surface area contributed by atoms with E-state index in [9.17, 15) is 9.59 Å². The fraction of sp³-hybridized carbons (Fsp3) is 0.667. The van der Waals surface area contributed by atoms with E-state index in [2.05, 4.69) is 16.9 Å². The van der Waals surface area contributed by atoms with Gasteiger partial charge in [-0.05, 0) is 7.05 Å². The maximum absolute atomic E-state index is 12.5. The Bertz CT molecular complexity index is 570. The van der Waals surface area contributed by atoms with Crippen molar-refractivity contribution < 1.29 is 9.59 Å². The van der Waals surface area contributed by atoms with Gasteiger partial charge in [0.05, 0.1) is 12.5 Å². The van der Waals surface area contributed by atoms with Gasteiger partial charge in [-0.2, -0.15) is 0 Å². The summed E-state index contributed by atoms with van der Waals surface area (Å²) in [6.45, 7) is 5.73. The average molecular weight is 320 g/mol. The molecule has 8 heteroatoms. The maximum atomic E-state index is 12.5. The lowest BCUT2D eigenvalue weighted by molar-refractivity contribution is 0.0611.